The Morgan fingerprint density at radius 2 is 1.90 bits per heavy atom. The van der Waals surface area contributed by atoms with E-state index in [1.807, 2.05) is 12.1 Å². The van der Waals surface area contributed by atoms with Crippen LogP contribution < -0.4 is 10.6 Å². The highest BCUT2D eigenvalue weighted by atomic mass is 79.9. The van der Waals surface area contributed by atoms with Gasteiger partial charge in [-0.3, -0.25) is 5.41 Å². The van der Waals surface area contributed by atoms with Gasteiger partial charge in [-0.2, -0.15) is 0 Å². The van der Waals surface area contributed by atoms with E-state index >= 15 is 0 Å². The number of benzene rings is 1. The van der Waals surface area contributed by atoms with E-state index in [0.717, 1.165) is 34.7 Å². The highest BCUT2D eigenvalue weighted by Gasteiger charge is 2.29. The van der Waals surface area contributed by atoms with Crippen molar-refractivity contribution in [2.24, 2.45) is 17.1 Å². The molecule has 110 valence electrons. The highest BCUT2D eigenvalue weighted by molar-refractivity contribution is 9.10. The number of nitrogen functional groups attached to an aromatic ring is 1. The van der Waals surface area contributed by atoms with Gasteiger partial charge in [-0.15, -0.1) is 0 Å². The molecule has 0 amide bonds. The quantitative estimate of drug-likeness (QED) is 0.633. The van der Waals surface area contributed by atoms with Crippen LogP contribution in [0.3, 0.4) is 0 Å². The third-order valence-electron chi connectivity index (χ3n) is 4.31. The minimum atomic E-state index is 0.138. The summed E-state index contributed by atoms with van der Waals surface area (Å²) in [6.07, 6.45) is 2.41. The highest BCUT2D eigenvalue weighted by Crippen LogP contribution is 2.36. The van der Waals surface area contributed by atoms with Gasteiger partial charge in [-0.1, -0.05) is 36.7 Å². The van der Waals surface area contributed by atoms with Crippen molar-refractivity contribution in [3.63, 3.8) is 0 Å². The van der Waals surface area contributed by atoms with Gasteiger partial charge in [0.1, 0.15) is 5.84 Å². The van der Waals surface area contributed by atoms with Crippen molar-refractivity contribution < 1.29 is 0 Å². The number of halogens is 1. The first-order chi connectivity index (χ1) is 9.29. The van der Waals surface area contributed by atoms with Crippen LogP contribution in [0.25, 0.3) is 0 Å². The fraction of sp³-hybridized carbons (Fsp3) is 0.562. The van der Waals surface area contributed by atoms with Gasteiger partial charge in [-0.05, 0) is 42.4 Å². The zero-order valence-corrected chi connectivity index (χ0v) is 14.1. The molecular weight excluding hydrogens is 314 g/mol. The van der Waals surface area contributed by atoms with E-state index < -0.39 is 0 Å². The summed E-state index contributed by atoms with van der Waals surface area (Å²) in [6.45, 7) is 9.07. The Morgan fingerprint density at radius 1 is 1.30 bits per heavy atom. The maximum atomic E-state index is 7.76. The molecule has 4 heteroatoms. The van der Waals surface area contributed by atoms with E-state index in [1.165, 1.54) is 12.8 Å². The summed E-state index contributed by atoms with van der Waals surface area (Å²) >= 11 is 3.45. The van der Waals surface area contributed by atoms with E-state index in [2.05, 4.69) is 47.7 Å². The summed E-state index contributed by atoms with van der Waals surface area (Å²) in [6, 6.07) is 6.03. The van der Waals surface area contributed by atoms with E-state index in [9.17, 15) is 0 Å². The molecule has 1 aliphatic heterocycles. The molecule has 1 heterocycles. The predicted octanol–water partition coefficient (Wildman–Crippen LogP) is 4.00. The van der Waals surface area contributed by atoms with E-state index in [0.29, 0.717) is 5.41 Å². The lowest BCUT2D eigenvalue weighted by molar-refractivity contribution is 0.199. The molecule has 0 spiro atoms. The van der Waals surface area contributed by atoms with Gasteiger partial charge in [-0.25, -0.2) is 0 Å². The lowest BCUT2D eigenvalue weighted by Gasteiger charge is -2.40. The van der Waals surface area contributed by atoms with Crippen molar-refractivity contribution in [1.29, 1.82) is 5.41 Å². The molecule has 3 N–H and O–H groups in total. The van der Waals surface area contributed by atoms with Crippen LogP contribution in [0, 0.1) is 16.7 Å². The van der Waals surface area contributed by atoms with Gasteiger partial charge in [0.15, 0.2) is 0 Å². The van der Waals surface area contributed by atoms with Crippen LogP contribution in [0.5, 0.6) is 0 Å². The molecule has 2 rings (SSSR count). The smallest absolute Gasteiger partial charge is 0.124 e. The molecule has 1 aromatic carbocycles. The monoisotopic (exact) mass is 337 g/mol. The van der Waals surface area contributed by atoms with Crippen LogP contribution in [0.1, 0.15) is 39.2 Å². The predicted molar refractivity (Wildman–Crippen MR) is 89.6 cm³/mol. The van der Waals surface area contributed by atoms with Crippen LogP contribution in [-0.4, -0.2) is 18.9 Å². The first kappa shape index (κ1) is 15.4. The van der Waals surface area contributed by atoms with Gasteiger partial charge < -0.3 is 10.6 Å². The summed E-state index contributed by atoms with van der Waals surface area (Å²) in [5, 5.41) is 7.76. The lowest BCUT2D eigenvalue weighted by Crippen LogP contribution is -2.38. The summed E-state index contributed by atoms with van der Waals surface area (Å²) < 4.78 is 0.969. The third-order valence-corrected chi connectivity index (χ3v) is 4.80. The molecule has 0 bridgehead atoms. The van der Waals surface area contributed by atoms with E-state index in [-0.39, 0.29) is 5.84 Å². The van der Waals surface area contributed by atoms with Crippen molar-refractivity contribution in [1.82, 2.24) is 0 Å². The maximum Gasteiger partial charge on any atom is 0.124 e. The molecule has 0 aliphatic carbocycles. The number of anilines is 1. The Balaban J connectivity index is 2.17. The molecule has 0 saturated carbocycles. The summed E-state index contributed by atoms with van der Waals surface area (Å²) in [7, 11) is 0. The maximum absolute atomic E-state index is 7.76. The minimum absolute atomic E-state index is 0.138. The number of hydrogen-bond donors (Lipinski definition) is 2. The van der Waals surface area contributed by atoms with Crippen molar-refractivity contribution in [3.05, 3.63) is 28.2 Å². The Hall–Kier alpha value is -1.03. The second kappa shape index (κ2) is 5.76. The number of nitrogens with two attached hydrogens (primary N) is 1. The number of nitrogens with zero attached hydrogens (tertiary/aromatic N) is 1. The molecule has 3 nitrogen and oxygen atoms in total. The van der Waals surface area contributed by atoms with Crippen LogP contribution >= 0.6 is 15.9 Å². The molecule has 1 aliphatic rings. The van der Waals surface area contributed by atoms with Crippen LogP contribution in [0.4, 0.5) is 5.69 Å². The molecule has 1 fully saturated rings. The molecule has 0 atom stereocenters. The SMILES string of the molecule is CC(C)(C)C1CCN(c2ccc(Br)cc2C(=N)N)CC1. The molecule has 20 heavy (non-hydrogen) atoms. The number of amidine groups is 1. The molecule has 1 saturated heterocycles. The minimum Gasteiger partial charge on any atom is -0.384 e. The fourth-order valence-electron chi connectivity index (χ4n) is 2.99. The summed E-state index contributed by atoms with van der Waals surface area (Å²) in [5.41, 5.74) is 8.02. The summed E-state index contributed by atoms with van der Waals surface area (Å²) in [5.74, 6) is 0.911. The van der Waals surface area contributed by atoms with E-state index in [4.69, 9.17) is 11.1 Å². The standard InChI is InChI=1S/C16H24BrN3/c1-16(2,3)11-6-8-20(9-7-11)14-5-4-12(17)10-13(14)15(18)19/h4-5,10-11H,6-9H2,1-3H3,(H3,18,19). The Bertz CT molecular complexity index is 497. The topological polar surface area (TPSA) is 53.1 Å². The van der Waals surface area contributed by atoms with Crippen molar-refractivity contribution in [2.45, 2.75) is 33.6 Å². The number of piperidine rings is 1. The van der Waals surface area contributed by atoms with Gasteiger partial charge in [0.25, 0.3) is 0 Å². The molecular formula is C16H24BrN3. The normalized spacial score (nSPS) is 17.3. The first-order valence-electron chi connectivity index (χ1n) is 7.18. The first-order valence-corrected chi connectivity index (χ1v) is 7.97. The van der Waals surface area contributed by atoms with Crippen LogP contribution in [-0.2, 0) is 0 Å². The Morgan fingerprint density at radius 3 is 2.40 bits per heavy atom. The van der Waals surface area contributed by atoms with E-state index in [1.54, 1.807) is 0 Å². The molecule has 0 aromatic heterocycles. The summed E-state index contributed by atoms with van der Waals surface area (Å²) in [4.78, 5) is 2.37. The average molecular weight is 338 g/mol. The van der Waals surface area contributed by atoms with Crippen LogP contribution in [0.15, 0.2) is 22.7 Å². The molecule has 0 radical (unpaired) electrons. The van der Waals surface area contributed by atoms with Gasteiger partial charge in [0, 0.05) is 28.8 Å². The lowest BCUT2D eigenvalue weighted by atomic mass is 9.75. The second-order valence-electron chi connectivity index (χ2n) is 6.70. The number of hydrogen-bond acceptors (Lipinski definition) is 2. The second-order valence-corrected chi connectivity index (χ2v) is 7.62. The Labute approximate surface area is 130 Å². The zero-order chi connectivity index (χ0) is 14.9. The van der Waals surface area contributed by atoms with Crippen molar-refractivity contribution in [3.8, 4) is 0 Å². The zero-order valence-electron chi connectivity index (χ0n) is 12.5. The fourth-order valence-corrected chi connectivity index (χ4v) is 3.35. The molecule has 1 aromatic rings. The number of nitrogens with one attached hydrogen (secondary N) is 1. The largest absolute Gasteiger partial charge is 0.384 e. The van der Waals surface area contributed by atoms with Crippen LogP contribution in [0.2, 0.25) is 0 Å². The van der Waals surface area contributed by atoms with Gasteiger partial charge in [0.2, 0.25) is 0 Å². The van der Waals surface area contributed by atoms with Gasteiger partial charge in [0.05, 0.1) is 0 Å². The van der Waals surface area contributed by atoms with Gasteiger partial charge >= 0.3 is 0 Å². The Kier molecular flexibility index (Phi) is 4.43. The van der Waals surface area contributed by atoms with Crippen molar-refractivity contribution >= 4 is 27.5 Å². The third kappa shape index (κ3) is 3.35. The molecule has 0 unspecified atom stereocenters. The average Bonchev–Trinajstić information content (AvgIpc) is 2.37. The number of rotatable bonds is 2. The van der Waals surface area contributed by atoms with Crippen molar-refractivity contribution in [2.75, 3.05) is 18.0 Å².